The Bertz CT molecular complexity index is 801. The van der Waals surface area contributed by atoms with Crippen molar-refractivity contribution in [3.63, 3.8) is 0 Å². The molecule has 0 saturated carbocycles. The average Bonchev–Trinajstić information content (AvgIpc) is 2.97. The fourth-order valence-electron chi connectivity index (χ4n) is 2.29. The van der Waals surface area contributed by atoms with Crippen LogP contribution in [0.4, 0.5) is 0 Å². The summed E-state index contributed by atoms with van der Waals surface area (Å²) in [5.41, 5.74) is 1.76. The minimum Gasteiger partial charge on any atom is -0.493 e. The van der Waals surface area contributed by atoms with Crippen molar-refractivity contribution >= 4 is 16.8 Å². The van der Waals surface area contributed by atoms with Crippen molar-refractivity contribution in [2.75, 3.05) is 14.2 Å². The molecule has 2 aromatic carbocycles. The van der Waals surface area contributed by atoms with E-state index in [0.717, 1.165) is 5.39 Å². The summed E-state index contributed by atoms with van der Waals surface area (Å²) in [5.74, 6) is 1.00. The molecule has 0 amide bonds. The summed E-state index contributed by atoms with van der Waals surface area (Å²) >= 11 is 0. The number of rotatable bonds is 4. The van der Waals surface area contributed by atoms with Crippen molar-refractivity contribution in [3.05, 3.63) is 59.9 Å². The molecule has 0 bridgehead atoms. The van der Waals surface area contributed by atoms with Gasteiger partial charge < -0.3 is 13.9 Å². The quantitative estimate of drug-likeness (QED) is 0.685. The van der Waals surface area contributed by atoms with E-state index in [1.807, 2.05) is 24.3 Å². The second-order valence-electron chi connectivity index (χ2n) is 4.54. The monoisotopic (exact) mass is 282 g/mol. The number of methoxy groups -OCH3 is 2. The first kappa shape index (κ1) is 13.2. The van der Waals surface area contributed by atoms with E-state index in [-0.39, 0.29) is 5.78 Å². The SMILES string of the molecule is COc1ccc(C(=O)c2coc3ccccc23)cc1OC. The van der Waals surface area contributed by atoms with Gasteiger partial charge in [0.2, 0.25) is 0 Å². The van der Waals surface area contributed by atoms with Gasteiger partial charge in [-0.2, -0.15) is 0 Å². The van der Waals surface area contributed by atoms with Gasteiger partial charge in [0, 0.05) is 10.9 Å². The molecule has 106 valence electrons. The lowest BCUT2D eigenvalue weighted by Crippen LogP contribution is -2.01. The van der Waals surface area contributed by atoms with Gasteiger partial charge in [0.15, 0.2) is 17.3 Å². The van der Waals surface area contributed by atoms with Crippen LogP contribution in [0.5, 0.6) is 11.5 Å². The zero-order chi connectivity index (χ0) is 14.8. The normalized spacial score (nSPS) is 10.6. The first-order valence-electron chi connectivity index (χ1n) is 6.47. The molecular formula is C17H14O4. The maximum atomic E-state index is 12.6. The van der Waals surface area contributed by atoms with Crippen molar-refractivity contribution in [1.29, 1.82) is 0 Å². The van der Waals surface area contributed by atoms with Crippen LogP contribution in [0.15, 0.2) is 53.1 Å². The fourth-order valence-corrected chi connectivity index (χ4v) is 2.29. The van der Waals surface area contributed by atoms with Gasteiger partial charge in [-0.15, -0.1) is 0 Å². The van der Waals surface area contributed by atoms with Gasteiger partial charge in [-0.05, 0) is 24.3 Å². The number of ether oxygens (including phenoxy) is 2. The van der Waals surface area contributed by atoms with E-state index >= 15 is 0 Å². The first-order chi connectivity index (χ1) is 10.2. The highest BCUT2D eigenvalue weighted by atomic mass is 16.5. The molecule has 0 spiro atoms. The molecule has 0 unspecified atom stereocenters. The highest BCUT2D eigenvalue weighted by Crippen LogP contribution is 2.30. The minimum absolute atomic E-state index is 0.110. The molecule has 0 fully saturated rings. The van der Waals surface area contributed by atoms with Gasteiger partial charge in [-0.25, -0.2) is 0 Å². The number of para-hydroxylation sites is 1. The summed E-state index contributed by atoms with van der Waals surface area (Å²) in [6.45, 7) is 0. The average molecular weight is 282 g/mol. The number of carbonyl (C=O) groups excluding carboxylic acids is 1. The van der Waals surface area contributed by atoms with E-state index in [4.69, 9.17) is 13.9 Å². The summed E-state index contributed by atoms with van der Waals surface area (Å²) in [7, 11) is 3.10. The molecule has 0 aliphatic heterocycles. The summed E-state index contributed by atoms with van der Waals surface area (Å²) in [4.78, 5) is 12.6. The van der Waals surface area contributed by atoms with Crippen LogP contribution in [0.25, 0.3) is 11.0 Å². The molecule has 0 saturated heterocycles. The van der Waals surface area contributed by atoms with Crippen molar-refractivity contribution in [3.8, 4) is 11.5 Å². The highest BCUT2D eigenvalue weighted by molar-refractivity contribution is 6.16. The van der Waals surface area contributed by atoms with Crippen LogP contribution in [-0.4, -0.2) is 20.0 Å². The summed E-state index contributed by atoms with van der Waals surface area (Å²) in [6, 6.07) is 12.6. The van der Waals surface area contributed by atoms with Crippen LogP contribution in [0.2, 0.25) is 0 Å². The number of carbonyl (C=O) groups is 1. The summed E-state index contributed by atoms with van der Waals surface area (Å²) in [6.07, 6.45) is 1.49. The van der Waals surface area contributed by atoms with Crippen molar-refractivity contribution in [1.82, 2.24) is 0 Å². The van der Waals surface area contributed by atoms with Crippen LogP contribution in [0.3, 0.4) is 0 Å². The number of hydrogen-bond acceptors (Lipinski definition) is 4. The van der Waals surface area contributed by atoms with Crippen molar-refractivity contribution in [2.24, 2.45) is 0 Å². The van der Waals surface area contributed by atoms with Gasteiger partial charge in [0.05, 0.1) is 19.8 Å². The highest BCUT2D eigenvalue weighted by Gasteiger charge is 2.17. The predicted octanol–water partition coefficient (Wildman–Crippen LogP) is 3.68. The second-order valence-corrected chi connectivity index (χ2v) is 4.54. The molecule has 4 nitrogen and oxygen atoms in total. The minimum atomic E-state index is -0.110. The number of ketones is 1. The Labute approximate surface area is 121 Å². The van der Waals surface area contributed by atoms with Gasteiger partial charge >= 0.3 is 0 Å². The summed E-state index contributed by atoms with van der Waals surface area (Å²) in [5, 5.41) is 0.803. The molecule has 0 aliphatic rings. The van der Waals surface area contributed by atoms with E-state index < -0.39 is 0 Å². The molecule has 3 aromatic rings. The number of benzene rings is 2. The largest absolute Gasteiger partial charge is 0.493 e. The van der Waals surface area contributed by atoms with Crippen LogP contribution >= 0.6 is 0 Å². The maximum Gasteiger partial charge on any atom is 0.197 e. The zero-order valence-corrected chi connectivity index (χ0v) is 11.8. The number of fused-ring (bicyclic) bond motifs is 1. The third kappa shape index (κ3) is 2.25. The predicted molar refractivity (Wildman–Crippen MR) is 79.2 cm³/mol. The number of hydrogen-bond donors (Lipinski definition) is 0. The molecule has 0 aliphatic carbocycles. The van der Waals surface area contributed by atoms with Gasteiger partial charge in [0.25, 0.3) is 0 Å². The van der Waals surface area contributed by atoms with E-state index in [1.165, 1.54) is 6.26 Å². The molecule has 0 N–H and O–H groups in total. The molecule has 0 atom stereocenters. The molecule has 0 radical (unpaired) electrons. The first-order valence-corrected chi connectivity index (χ1v) is 6.47. The van der Waals surface area contributed by atoms with Crippen LogP contribution < -0.4 is 9.47 Å². The topological polar surface area (TPSA) is 48.7 Å². The Morgan fingerprint density at radius 3 is 2.52 bits per heavy atom. The van der Waals surface area contributed by atoms with Crippen molar-refractivity contribution in [2.45, 2.75) is 0 Å². The van der Waals surface area contributed by atoms with Crippen LogP contribution in [0.1, 0.15) is 15.9 Å². The van der Waals surface area contributed by atoms with Crippen molar-refractivity contribution < 1.29 is 18.7 Å². The third-order valence-corrected chi connectivity index (χ3v) is 3.37. The van der Waals surface area contributed by atoms with Crippen LogP contribution in [0, 0.1) is 0 Å². The molecule has 3 rings (SSSR count). The smallest absolute Gasteiger partial charge is 0.197 e. The molecule has 1 heterocycles. The Hall–Kier alpha value is -2.75. The Morgan fingerprint density at radius 2 is 1.76 bits per heavy atom. The molecule has 1 aromatic heterocycles. The van der Waals surface area contributed by atoms with Crippen LogP contribution in [-0.2, 0) is 0 Å². The van der Waals surface area contributed by atoms with Gasteiger partial charge in [0.1, 0.15) is 11.8 Å². The zero-order valence-electron chi connectivity index (χ0n) is 11.8. The van der Waals surface area contributed by atoms with Gasteiger partial charge in [-0.3, -0.25) is 4.79 Å². The lowest BCUT2D eigenvalue weighted by molar-refractivity contribution is 0.103. The third-order valence-electron chi connectivity index (χ3n) is 3.37. The second kappa shape index (κ2) is 5.32. The lowest BCUT2D eigenvalue weighted by atomic mass is 10.0. The lowest BCUT2D eigenvalue weighted by Gasteiger charge is -2.08. The molecule has 4 heteroatoms. The van der Waals surface area contributed by atoms with E-state index in [0.29, 0.717) is 28.2 Å². The fraction of sp³-hybridized carbons (Fsp3) is 0.118. The molecular weight excluding hydrogens is 268 g/mol. The van der Waals surface area contributed by atoms with Gasteiger partial charge in [-0.1, -0.05) is 18.2 Å². The Kier molecular flexibility index (Phi) is 3.36. The summed E-state index contributed by atoms with van der Waals surface area (Å²) < 4.78 is 15.8. The Morgan fingerprint density at radius 1 is 1.00 bits per heavy atom. The molecule has 21 heavy (non-hydrogen) atoms. The standard InChI is InChI=1S/C17H14O4/c1-19-15-8-7-11(9-16(15)20-2)17(18)13-10-21-14-6-4-3-5-12(13)14/h3-10H,1-2H3. The van der Waals surface area contributed by atoms with E-state index in [1.54, 1.807) is 32.4 Å². The number of furan rings is 1. The van der Waals surface area contributed by atoms with E-state index in [2.05, 4.69) is 0 Å². The Balaban J connectivity index is 2.06. The maximum absolute atomic E-state index is 12.6. The van der Waals surface area contributed by atoms with E-state index in [9.17, 15) is 4.79 Å².